The fourth-order valence-electron chi connectivity index (χ4n) is 2.47. The molecule has 0 aliphatic carbocycles. The first-order valence-electron chi connectivity index (χ1n) is 6.84. The van der Waals surface area contributed by atoms with E-state index < -0.39 is 0 Å². The highest BCUT2D eigenvalue weighted by Gasteiger charge is 2.14. The Balaban J connectivity index is 1.87. The molecule has 0 radical (unpaired) electrons. The summed E-state index contributed by atoms with van der Waals surface area (Å²) in [6.45, 7) is 1.12. The van der Waals surface area contributed by atoms with Gasteiger partial charge in [-0.25, -0.2) is 0 Å². The van der Waals surface area contributed by atoms with Crippen LogP contribution in [0.25, 0.3) is 22.3 Å². The van der Waals surface area contributed by atoms with Gasteiger partial charge >= 0.3 is 0 Å². The lowest BCUT2D eigenvalue weighted by Crippen LogP contribution is -2.15. The largest absolute Gasteiger partial charge is 0.486 e. The zero-order chi connectivity index (χ0) is 15.1. The van der Waals surface area contributed by atoms with Gasteiger partial charge < -0.3 is 13.9 Å². The number of rotatable bonds is 1. The second-order valence-electron chi connectivity index (χ2n) is 4.97. The van der Waals surface area contributed by atoms with E-state index in [1.54, 1.807) is 6.07 Å². The van der Waals surface area contributed by atoms with E-state index in [0.29, 0.717) is 34.1 Å². The summed E-state index contributed by atoms with van der Waals surface area (Å²) >= 11 is 11.5. The molecule has 1 aliphatic rings. The number of benzene rings is 2. The van der Waals surface area contributed by atoms with Gasteiger partial charge in [0.05, 0.1) is 4.51 Å². The van der Waals surface area contributed by atoms with Crippen LogP contribution in [0.4, 0.5) is 0 Å². The number of ether oxygens (including phenoxy) is 2. The van der Waals surface area contributed by atoms with Gasteiger partial charge in [-0.15, -0.1) is 0 Å². The van der Waals surface area contributed by atoms with Crippen LogP contribution in [0.2, 0.25) is 5.02 Å². The van der Waals surface area contributed by atoms with Crippen molar-refractivity contribution in [1.82, 2.24) is 0 Å². The van der Waals surface area contributed by atoms with Crippen molar-refractivity contribution in [3.63, 3.8) is 0 Å². The third-order valence-corrected chi connectivity index (χ3v) is 4.09. The molecule has 3 aromatic rings. The lowest BCUT2D eigenvalue weighted by molar-refractivity contribution is 0.171. The first-order chi connectivity index (χ1) is 10.7. The number of fused-ring (bicyclic) bond motifs is 2. The fourth-order valence-corrected chi connectivity index (χ4v) is 2.91. The predicted octanol–water partition coefficient (Wildman–Crippen LogP) is 5.25. The van der Waals surface area contributed by atoms with E-state index in [-0.39, 0.29) is 0 Å². The van der Waals surface area contributed by atoms with Gasteiger partial charge in [-0.3, -0.25) is 0 Å². The van der Waals surface area contributed by atoms with Crippen LogP contribution in [0.5, 0.6) is 11.5 Å². The van der Waals surface area contributed by atoms with Crippen molar-refractivity contribution in [1.29, 1.82) is 0 Å². The maximum Gasteiger partial charge on any atom is 0.162 e. The van der Waals surface area contributed by atoms with Gasteiger partial charge in [-0.1, -0.05) is 23.8 Å². The molecule has 0 fully saturated rings. The van der Waals surface area contributed by atoms with Crippen molar-refractivity contribution >= 4 is 34.8 Å². The van der Waals surface area contributed by atoms with E-state index in [1.807, 2.05) is 36.4 Å². The summed E-state index contributed by atoms with van der Waals surface area (Å²) in [5.41, 5.74) is 1.61. The summed E-state index contributed by atoms with van der Waals surface area (Å²) in [7, 11) is 0. The lowest BCUT2D eigenvalue weighted by Gasteiger charge is -2.18. The summed E-state index contributed by atoms with van der Waals surface area (Å²) in [6, 6.07) is 13.0. The number of halogens is 1. The molecule has 2 aromatic carbocycles. The Hall–Kier alpha value is -2.04. The van der Waals surface area contributed by atoms with E-state index in [2.05, 4.69) is 0 Å². The Morgan fingerprint density at radius 1 is 0.909 bits per heavy atom. The van der Waals surface area contributed by atoms with Crippen molar-refractivity contribution in [2.45, 2.75) is 0 Å². The van der Waals surface area contributed by atoms with Gasteiger partial charge in [-0.05, 0) is 36.4 Å². The molecule has 1 aliphatic heterocycles. The van der Waals surface area contributed by atoms with Crippen LogP contribution < -0.4 is 9.47 Å². The highest BCUT2D eigenvalue weighted by molar-refractivity contribution is 7.71. The van der Waals surface area contributed by atoms with Crippen molar-refractivity contribution in [2.24, 2.45) is 0 Å². The van der Waals surface area contributed by atoms with Crippen LogP contribution in [0, 0.1) is 4.51 Å². The van der Waals surface area contributed by atoms with Gasteiger partial charge in [-0.2, -0.15) is 0 Å². The van der Waals surface area contributed by atoms with Crippen LogP contribution in [0.1, 0.15) is 0 Å². The molecule has 22 heavy (non-hydrogen) atoms. The maximum absolute atomic E-state index is 6.01. The van der Waals surface area contributed by atoms with E-state index >= 15 is 0 Å². The topological polar surface area (TPSA) is 31.6 Å². The molecule has 4 rings (SSSR count). The molecule has 110 valence electrons. The third-order valence-electron chi connectivity index (χ3n) is 3.52. The molecule has 0 N–H and O–H groups in total. The minimum atomic E-state index is 0.552. The van der Waals surface area contributed by atoms with E-state index in [1.165, 1.54) is 0 Å². The van der Waals surface area contributed by atoms with Gasteiger partial charge in [0.25, 0.3) is 0 Å². The molecule has 0 amide bonds. The number of hydrogen-bond donors (Lipinski definition) is 0. The summed E-state index contributed by atoms with van der Waals surface area (Å²) < 4.78 is 17.8. The van der Waals surface area contributed by atoms with Crippen LogP contribution >= 0.6 is 23.8 Å². The molecule has 0 bridgehead atoms. The predicted molar refractivity (Wildman–Crippen MR) is 88.5 cm³/mol. The van der Waals surface area contributed by atoms with Crippen LogP contribution in [0.3, 0.4) is 0 Å². The zero-order valence-electron chi connectivity index (χ0n) is 11.5. The minimum absolute atomic E-state index is 0.552. The Kier molecular flexibility index (Phi) is 3.28. The Morgan fingerprint density at radius 3 is 2.59 bits per heavy atom. The van der Waals surface area contributed by atoms with Gasteiger partial charge in [0.2, 0.25) is 0 Å². The van der Waals surface area contributed by atoms with Gasteiger partial charge in [0, 0.05) is 22.0 Å². The SMILES string of the molecule is S=c1cc(-c2ccc3c(c2)OCCO3)oc2ccc(Cl)cc12. The first-order valence-corrected chi connectivity index (χ1v) is 7.63. The minimum Gasteiger partial charge on any atom is -0.486 e. The van der Waals surface area contributed by atoms with Crippen LogP contribution in [-0.2, 0) is 0 Å². The Bertz CT molecular complexity index is 933. The van der Waals surface area contributed by atoms with Crippen LogP contribution in [-0.4, -0.2) is 13.2 Å². The molecular weight excluding hydrogens is 320 g/mol. The van der Waals surface area contributed by atoms with Crippen molar-refractivity contribution in [2.75, 3.05) is 13.2 Å². The van der Waals surface area contributed by atoms with Crippen molar-refractivity contribution < 1.29 is 13.9 Å². The molecule has 3 nitrogen and oxygen atoms in total. The maximum atomic E-state index is 6.01. The zero-order valence-corrected chi connectivity index (χ0v) is 13.0. The average molecular weight is 331 g/mol. The highest BCUT2D eigenvalue weighted by Crippen LogP contribution is 2.35. The lowest BCUT2D eigenvalue weighted by atomic mass is 10.1. The van der Waals surface area contributed by atoms with Gasteiger partial charge in [0.15, 0.2) is 11.5 Å². The monoisotopic (exact) mass is 330 g/mol. The molecule has 0 atom stereocenters. The molecular formula is C17H11ClO3S. The first kappa shape index (κ1) is 13.6. The Labute approximate surface area is 137 Å². The number of hydrogen-bond acceptors (Lipinski definition) is 4. The van der Waals surface area contributed by atoms with Gasteiger partial charge in [0.1, 0.15) is 24.6 Å². The van der Waals surface area contributed by atoms with E-state index in [0.717, 1.165) is 22.4 Å². The van der Waals surface area contributed by atoms with E-state index in [4.69, 9.17) is 37.7 Å². The third kappa shape index (κ3) is 2.34. The molecule has 0 spiro atoms. The van der Waals surface area contributed by atoms with Crippen LogP contribution in [0.15, 0.2) is 46.9 Å². The second kappa shape index (κ2) is 5.30. The molecule has 1 aromatic heterocycles. The fraction of sp³-hybridized carbons (Fsp3) is 0.118. The Morgan fingerprint density at radius 2 is 1.73 bits per heavy atom. The smallest absolute Gasteiger partial charge is 0.162 e. The molecule has 0 unspecified atom stereocenters. The summed E-state index contributed by atoms with van der Waals surface area (Å²) in [5.74, 6) is 2.17. The molecule has 0 saturated heterocycles. The summed E-state index contributed by atoms with van der Waals surface area (Å²) in [6.07, 6.45) is 0. The van der Waals surface area contributed by atoms with Crippen molar-refractivity contribution in [3.8, 4) is 22.8 Å². The molecule has 0 saturated carbocycles. The second-order valence-corrected chi connectivity index (χ2v) is 5.85. The summed E-state index contributed by atoms with van der Waals surface area (Å²) in [4.78, 5) is 0. The quantitative estimate of drug-likeness (QED) is 0.570. The normalized spacial score (nSPS) is 13.3. The highest BCUT2D eigenvalue weighted by atomic mass is 35.5. The van der Waals surface area contributed by atoms with Crippen molar-refractivity contribution in [3.05, 3.63) is 52.0 Å². The average Bonchev–Trinajstić information content (AvgIpc) is 2.55. The molecule has 5 heteroatoms. The standard InChI is InChI=1S/C17H11ClO3S/c18-11-2-4-13-12(8-11)17(22)9-15(21-13)10-1-3-14-16(7-10)20-6-5-19-14/h1-4,7-9H,5-6H2. The van der Waals surface area contributed by atoms with E-state index in [9.17, 15) is 0 Å². The molecule has 2 heterocycles. The summed E-state index contributed by atoms with van der Waals surface area (Å²) in [5, 5.41) is 1.48.